The van der Waals surface area contributed by atoms with Gasteiger partial charge in [-0.15, -0.1) is 0 Å². The van der Waals surface area contributed by atoms with E-state index < -0.39 is 0 Å². The summed E-state index contributed by atoms with van der Waals surface area (Å²) in [5.74, 6) is -0.171. The molecule has 25 heavy (non-hydrogen) atoms. The third-order valence-electron chi connectivity index (χ3n) is 3.46. The number of rotatable bonds is 7. The van der Waals surface area contributed by atoms with E-state index in [9.17, 15) is 14.4 Å². The van der Waals surface area contributed by atoms with Crippen LogP contribution in [0.3, 0.4) is 0 Å². The maximum atomic E-state index is 12.0. The molecule has 0 unspecified atom stereocenters. The predicted molar refractivity (Wildman–Crippen MR) is 98.7 cm³/mol. The van der Waals surface area contributed by atoms with Gasteiger partial charge in [0.1, 0.15) is 5.78 Å². The normalized spacial score (nSPS) is 9.96. The largest absolute Gasteiger partial charge is 0.326 e. The Hall–Kier alpha value is -3.15. The molecule has 0 saturated carbocycles. The second-order valence-electron chi connectivity index (χ2n) is 5.47. The van der Waals surface area contributed by atoms with E-state index in [1.165, 1.54) is 0 Å². The van der Waals surface area contributed by atoms with Crippen molar-refractivity contribution < 1.29 is 14.4 Å². The van der Waals surface area contributed by atoms with Gasteiger partial charge in [0.05, 0.1) is 0 Å². The van der Waals surface area contributed by atoms with Crippen molar-refractivity contribution in [1.82, 2.24) is 0 Å². The number of anilines is 3. The molecule has 6 nitrogen and oxygen atoms in total. The predicted octanol–water partition coefficient (Wildman–Crippen LogP) is 4.03. The van der Waals surface area contributed by atoms with E-state index in [0.29, 0.717) is 23.5 Å². The maximum Gasteiger partial charge on any atom is 0.323 e. The minimum absolute atomic E-state index is 0.0585. The Morgan fingerprint density at radius 1 is 0.760 bits per heavy atom. The molecule has 3 N–H and O–H groups in total. The van der Waals surface area contributed by atoms with E-state index >= 15 is 0 Å². The molecule has 130 valence electrons. The molecular formula is C19H21N3O3. The SMILES string of the molecule is CCC(=O)CCC(=O)Nc1cccc(NC(=O)Nc2ccccc2)c1. The standard InChI is InChI=1S/C19H21N3O3/c1-2-17(23)11-12-18(24)20-15-9-6-10-16(13-15)22-19(25)21-14-7-4-3-5-8-14/h3-10,13H,2,11-12H2,1H3,(H,20,24)(H2,21,22,25). The van der Waals surface area contributed by atoms with Gasteiger partial charge in [0.2, 0.25) is 5.91 Å². The van der Waals surface area contributed by atoms with Crippen LogP contribution in [0.2, 0.25) is 0 Å². The zero-order valence-corrected chi connectivity index (χ0v) is 14.0. The summed E-state index contributed by atoms with van der Waals surface area (Å²) in [5, 5.41) is 8.14. The number of carbonyl (C=O) groups excluding carboxylic acids is 3. The highest BCUT2D eigenvalue weighted by atomic mass is 16.2. The molecule has 0 aliphatic heterocycles. The van der Waals surface area contributed by atoms with Crippen molar-refractivity contribution in [3.63, 3.8) is 0 Å². The lowest BCUT2D eigenvalue weighted by Gasteiger charge is -2.10. The van der Waals surface area contributed by atoms with Gasteiger partial charge in [0.25, 0.3) is 0 Å². The van der Waals surface area contributed by atoms with Crippen molar-refractivity contribution >= 4 is 34.8 Å². The zero-order valence-electron chi connectivity index (χ0n) is 14.0. The van der Waals surface area contributed by atoms with Crippen LogP contribution < -0.4 is 16.0 Å². The van der Waals surface area contributed by atoms with Crippen LogP contribution in [0.1, 0.15) is 26.2 Å². The summed E-state index contributed by atoms with van der Waals surface area (Å²) in [4.78, 5) is 35.1. The van der Waals surface area contributed by atoms with Crippen molar-refractivity contribution in [2.24, 2.45) is 0 Å². The fourth-order valence-corrected chi connectivity index (χ4v) is 2.14. The molecule has 0 fully saturated rings. The van der Waals surface area contributed by atoms with Crippen LogP contribution in [0.5, 0.6) is 0 Å². The topological polar surface area (TPSA) is 87.3 Å². The smallest absolute Gasteiger partial charge is 0.323 e. The number of hydrogen-bond acceptors (Lipinski definition) is 3. The molecule has 2 rings (SSSR count). The van der Waals surface area contributed by atoms with Gasteiger partial charge >= 0.3 is 6.03 Å². The summed E-state index contributed by atoms with van der Waals surface area (Å²) >= 11 is 0. The molecule has 0 atom stereocenters. The summed E-state index contributed by atoms with van der Waals surface area (Å²) in [6, 6.07) is 15.5. The molecule has 2 aromatic rings. The van der Waals surface area contributed by atoms with Gasteiger partial charge in [-0.3, -0.25) is 9.59 Å². The maximum absolute atomic E-state index is 12.0. The average molecular weight is 339 g/mol. The van der Waals surface area contributed by atoms with Gasteiger partial charge in [-0.2, -0.15) is 0 Å². The van der Waals surface area contributed by atoms with E-state index in [-0.39, 0.29) is 30.6 Å². The lowest BCUT2D eigenvalue weighted by molar-refractivity contribution is -0.122. The molecule has 0 aromatic heterocycles. The Balaban J connectivity index is 1.88. The van der Waals surface area contributed by atoms with Crippen LogP contribution in [0, 0.1) is 0 Å². The van der Waals surface area contributed by atoms with E-state index in [1.54, 1.807) is 43.3 Å². The highest BCUT2D eigenvalue weighted by Crippen LogP contribution is 2.16. The second kappa shape index (κ2) is 9.22. The number of urea groups is 1. The quantitative estimate of drug-likeness (QED) is 0.712. The lowest BCUT2D eigenvalue weighted by atomic mass is 10.2. The highest BCUT2D eigenvalue weighted by Gasteiger charge is 2.07. The van der Waals surface area contributed by atoms with E-state index in [0.717, 1.165) is 0 Å². The van der Waals surface area contributed by atoms with Gasteiger partial charge in [0.15, 0.2) is 0 Å². The van der Waals surface area contributed by atoms with Gasteiger partial charge < -0.3 is 16.0 Å². The summed E-state index contributed by atoms with van der Waals surface area (Å²) in [5.41, 5.74) is 1.80. The van der Waals surface area contributed by atoms with E-state index in [2.05, 4.69) is 16.0 Å². The Bertz CT molecular complexity index is 745. The molecule has 6 heteroatoms. The number of para-hydroxylation sites is 1. The molecule has 0 heterocycles. The summed E-state index contributed by atoms with van der Waals surface area (Å²) < 4.78 is 0. The van der Waals surface area contributed by atoms with Crippen LogP contribution in [-0.2, 0) is 9.59 Å². The van der Waals surface area contributed by atoms with Gasteiger partial charge in [-0.25, -0.2) is 4.79 Å². The van der Waals surface area contributed by atoms with Gasteiger partial charge in [-0.1, -0.05) is 31.2 Å². The molecule has 2 aromatic carbocycles. The number of Topliss-reactive ketones (excluding diaryl/α,β-unsaturated/α-hetero) is 1. The zero-order chi connectivity index (χ0) is 18.1. The Morgan fingerprint density at radius 2 is 1.36 bits per heavy atom. The van der Waals surface area contributed by atoms with Crippen LogP contribution in [0.4, 0.5) is 21.9 Å². The van der Waals surface area contributed by atoms with Crippen LogP contribution >= 0.6 is 0 Å². The van der Waals surface area contributed by atoms with Crippen molar-refractivity contribution in [2.75, 3.05) is 16.0 Å². The number of hydrogen-bond donors (Lipinski definition) is 3. The number of amides is 3. The third-order valence-corrected chi connectivity index (χ3v) is 3.46. The second-order valence-corrected chi connectivity index (χ2v) is 5.47. The number of carbonyl (C=O) groups is 3. The number of nitrogens with one attached hydrogen (secondary N) is 3. The first-order valence-electron chi connectivity index (χ1n) is 8.11. The number of benzene rings is 2. The van der Waals surface area contributed by atoms with Crippen molar-refractivity contribution in [3.05, 3.63) is 54.6 Å². The summed E-state index contributed by atoms with van der Waals surface area (Å²) in [7, 11) is 0. The van der Waals surface area contributed by atoms with Crippen molar-refractivity contribution in [1.29, 1.82) is 0 Å². The fraction of sp³-hybridized carbons (Fsp3) is 0.211. The highest BCUT2D eigenvalue weighted by molar-refractivity contribution is 6.00. The average Bonchev–Trinajstić information content (AvgIpc) is 2.60. The summed E-state index contributed by atoms with van der Waals surface area (Å²) in [6.07, 6.45) is 0.821. The fourth-order valence-electron chi connectivity index (χ4n) is 2.14. The Labute approximate surface area is 146 Å². The molecule has 0 spiro atoms. The van der Waals surface area contributed by atoms with Crippen LogP contribution in [0.25, 0.3) is 0 Å². The third kappa shape index (κ3) is 6.47. The van der Waals surface area contributed by atoms with Gasteiger partial charge in [-0.05, 0) is 30.3 Å². The first-order chi connectivity index (χ1) is 12.1. The molecule has 3 amide bonds. The first kappa shape index (κ1) is 18.2. The van der Waals surface area contributed by atoms with Crippen LogP contribution in [0.15, 0.2) is 54.6 Å². The molecule has 0 aliphatic carbocycles. The van der Waals surface area contributed by atoms with E-state index in [4.69, 9.17) is 0 Å². The summed E-state index contributed by atoms with van der Waals surface area (Å²) in [6.45, 7) is 1.77. The van der Waals surface area contributed by atoms with Gasteiger partial charge in [0, 0.05) is 36.3 Å². The molecule has 0 saturated heterocycles. The first-order valence-corrected chi connectivity index (χ1v) is 8.11. The minimum atomic E-state index is -0.372. The molecule has 0 radical (unpaired) electrons. The van der Waals surface area contributed by atoms with Crippen molar-refractivity contribution in [2.45, 2.75) is 26.2 Å². The van der Waals surface area contributed by atoms with Crippen molar-refractivity contribution in [3.8, 4) is 0 Å². The molecule has 0 bridgehead atoms. The lowest BCUT2D eigenvalue weighted by Crippen LogP contribution is -2.19. The van der Waals surface area contributed by atoms with Crippen LogP contribution in [-0.4, -0.2) is 17.7 Å². The molecule has 0 aliphatic rings. The molecular weight excluding hydrogens is 318 g/mol. The minimum Gasteiger partial charge on any atom is -0.326 e. The number of ketones is 1. The Kier molecular flexibility index (Phi) is 6.71. The monoisotopic (exact) mass is 339 g/mol. The Morgan fingerprint density at radius 3 is 2.04 bits per heavy atom. The van der Waals surface area contributed by atoms with E-state index in [1.807, 2.05) is 18.2 Å².